The van der Waals surface area contributed by atoms with Crippen LogP contribution in [0.25, 0.3) is 0 Å². The summed E-state index contributed by atoms with van der Waals surface area (Å²) in [7, 11) is 2.11. The average Bonchev–Trinajstić information content (AvgIpc) is 2.44. The smallest absolute Gasteiger partial charge is 0.315 e. The van der Waals surface area contributed by atoms with Crippen molar-refractivity contribution in [1.82, 2.24) is 15.5 Å². The summed E-state index contributed by atoms with van der Waals surface area (Å²) in [5.41, 5.74) is -0.161. The molecule has 2 amide bonds. The molecular formula is C11H23N3O. The topological polar surface area (TPSA) is 44.4 Å². The van der Waals surface area contributed by atoms with E-state index >= 15 is 0 Å². The molecule has 1 aliphatic rings. The van der Waals surface area contributed by atoms with Crippen LogP contribution in [0.5, 0.6) is 0 Å². The quantitative estimate of drug-likeness (QED) is 0.723. The summed E-state index contributed by atoms with van der Waals surface area (Å²) in [6.07, 6.45) is 2.43. The first-order valence-corrected chi connectivity index (χ1v) is 5.65. The number of likely N-dealkylation sites (tertiary alicyclic amines) is 1. The van der Waals surface area contributed by atoms with Crippen molar-refractivity contribution >= 4 is 6.03 Å². The van der Waals surface area contributed by atoms with Gasteiger partial charge in [0.2, 0.25) is 0 Å². The van der Waals surface area contributed by atoms with Gasteiger partial charge < -0.3 is 15.5 Å². The molecule has 1 saturated heterocycles. The molecule has 88 valence electrons. The Labute approximate surface area is 92.4 Å². The summed E-state index contributed by atoms with van der Waals surface area (Å²) in [6.45, 7) is 7.84. The number of amides is 2. The Morgan fingerprint density at radius 2 is 2.13 bits per heavy atom. The predicted octanol–water partition coefficient (Wildman–Crippen LogP) is 1.18. The van der Waals surface area contributed by atoms with Crippen LogP contribution < -0.4 is 10.6 Å². The highest BCUT2D eigenvalue weighted by Crippen LogP contribution is 2.13. The van der Waals surface area contributed by atoms with Crippen LogP contribution in [0.1, 0.15) is 33.6 Å². The number of likely N-dealkylation sites (N-methyl/N-ethyl adjacent to an activating group) is 1. The third-order valence-electron chi connectivity index (χ3n) is 2.66. The lowest BCUT2D eigenvalue weighted by Crippen LogP contribution is -2.49. The second-order valence-corrected chi connectivity index (χ2v) is 5.36. The molecule has 1 rings (SSSR count). The highest BCUT2D eigenvalue weighted by molar-refractivity contribution is 5.74. The molecule has 0 spiro atoms. The van der Waals surface area contributed by atoms with Crippen LogP contribution >= 0.6 is 0 Å². The molecule has 0 bridgehead atoms. The van der Waals surface area contributed by atoms with Gasteiger partial charge in [0, 0.05) is 18.1 Å². The Hall–Kier alpha value is -0.770. The van der Waals surface area contributed by atoms with Crippen molar-refractivity contribution in [1.29, 1.82) is 0 Å². The van der Waals surface area contributed by atoms with Gasteiger partial charge in [-0.1, -0.05) is 0 Å². The van der Waals surface area contributed by atoms with E-state index < -0.39 is 0 Å². The number of rotatable bonds is 2. The molecule has 0 radical (unpaired) electrons. The monoisotopic (exact) mass is 213 g/mol. The van der Waals surface area contributed by atoms with Crippen molar-refractivity contribution in [3.8, 4) is 0 Å². The minimum Gasteiger partial charge on any atom is -0.337 e. The van der Waals surface area contributed by atoms with Gasteiger partial charge in [-0.05, 0) is 47.2 Å². The molecule has 1 unspecified atom stereocenters. The minimum atomic E-state index is -0.161. The third kappa shape index (κ3) is 4.51. The molecule has 2 N–H and O–H groups in total. The summed E-state index contributed by atoms with van der Waals surface area (Å²) in [5, 5.41) is 5.81. The first-order chi connectivity index (χ1) is 6.88. The normalized spacial score (nSPS) is 22.8. The Morgan fingerprint density at radius 3 is 2.60 bits per heavy atom. The minimum absolute atomic E-state index is 0.0669. The Bertz CT molecular complexity index is 222. The van der Waals surface area contributed by atoms with E-state index in [9.17, 15) is 4.79 Å². The van der Waals surface area contributed by atoms with Crippen LogP contribution in [0, 0.1) is 0 Å². The van der Waals surface area contributed by atoms with Gasteiger partial charge in [0.1, 0.15) is 0 Å². The fourth-order valence-electron chi connectivity index (χ4n) is 1.83. The second kappa shape index (κ2) is 4.84. The van der Waals surface area contributed by atoms with E-state index in [0.29, 0.717) is 6.04 Å². The van der Waals surface area contributed by atoms with Gasteiger partial charge in [0.15, 0.2) is 0 Å². The zero-order valence-electron chi connectivity index (χ0n) is 10.3. The van der Waals surface area contributed by atoms with E-state index in [1.165, 1.54) is 12.8 Å². The van der Waals surface area contributed by atoms with E-state index in [4.69, 9.17) is 0 Å². The lowest BCUT2D eigenvalue weighted by Gasteiger charge is -2.23. The molecule has 4 heteroatoms. The molecular weight excluding hydrogens is 190 g/mol. The standard InChI is InChI=1S/C11H23N3O/c1-11(2,3)13-10(15)12-8-9-6-5-7-14(9)4/h9H,5-8H2,1-4H3,(H2,12,13,15). The summed E-state index contributed by atoms with van der Waals surface area (Å²) in [4.78, 5) is 13.8. The molecule has 0 aromatic rings. The summed E-state index contributed by atoms with van der Waals surface area (Å²) in [6, 6.07) is 0.443. The third-order valence-corrected chi connectivity index (χ3v) is 2.66. The lowest BCUT2D eigenvalue weighted by atomic mass is 10.1. The fraction of sp³-hybridized carbons (Fsp3) is 0.909. The van der Waals surface area contributed by atoms with Crippen molar-refractivity contribution in [2.75, 3.05) is 20.1 Å². The number of nitrogens with one attached hydrogen (secondary N) is 2. The first-order valence-electron chi connectivity index (χ1n) is 5.65. The second-order valence-electron chi connectivity index (χ2n) is 5.36. The zero-order chi connectivity index (χ0) is 11.5. The maximum Gasteiger partial charge on any atom is 0.315 e. The molecule has 0 aromatic heterocycles. The van der Waals surface area contributed by atoms with Crippen molar-refractivity contribution in [3.05, 3.63) is 0 Å². The van der Waals surface area contributed by atoms with E-state index in [-0.39, 0.29) is 11.6 Å². The van der Waals surface area contributed by atoms with E-state index in [1.807, 2.05) is 20.8 Å². The van der Waals surface area contributed by atoms with Gasteiger partial charge in [0.25, 0.3) is 0 Å². The van der Waals surface area contributed by atoms with Crippen LogP contribution in [0.3, 0.4) is 0 Å². The average molecular weight is 213 g/mol. The Balaban J connectivity index is 2.22. The van der Waals surface area contributed by atoms with Gasteiger partial charge in [-0.3, -0.25) is 0 Å². The van der Waals surface area contributed by atoms with Crippen LogP contribution in [-0.4, -0.2) is 42.6 Å². The molecule has 1 atom stereocenters. The van der Waals surface area contributed by atoms with Gasteiger partial charge in [-0.2, -0.15) is 0 Å². The lowest BCUT2D eigenvalue weighted by molar-refractivity contribution is 0.226. The SMILES string of the molecule is CN1CCCC1CNC(=O)NC(C)(C)C. The fourth-order valence-corrected chi connectivity index (χ4v) is 1.83. The van der Waals surface area contributed by atoms with E-state index in [0.717, 1.165) is 13.1 Å². The van der Waals surface area contributed by atoms with E-state index in [1.54, 1.807) is 0 Å². The van der Waals surface area contributed by atoms with Crippen molar-refractivity contribution in [3.63, 3.8) is 0 Å². The summed E-state index contributed by atoms with van der Waals surface area (Å²) >= 11 is 0. The number of urea groups is 1. The van der Waals surface area contributed by atoms with Crippen LogP contribution in [-0.2, 0) is 0 Å². The predicted molar refractivity (Wildman–Crippen MR) is 61.9 cm³/mol. The molecule has 4 nitrogen and oxygen atoms in total. The highest BCUT2D eigenvalue weighted by atomic mass is 16.2. The molecule has 1 heterocycles. The van der Waals surface area contributed by atoms with Gasteiger partial charge in [0.05, 0.1) is 0 Å². The van der Waals surface area contributed by atoms with Crippen molar-refractivity contribution in [2.45, 2.75) is 45.2 Å². The molecule has 0 aromatic carbocycles. The number of carbonyl (C=O) groups is 1. The Morgan fingerprint density at radius 1 is 1.47 bits per heavy atom. The van der Waals surface area contributed by atoms with Crippen molar-refractivity contribution in [2.24, 2.45) is 0 Å². The van der Waals surface area contributed by atoms with Crippen LogP contribution in [0.4, 0.5) is 4.79 Å². The Kier molecular flexibility index (Phi) is 3.97. The first kappa shape index (κ1) is 12.3. The van der Waals surface area contributed by atoms with Gasteiger partial charge >= 0.3 is 6.03 Å². The number of nitrogens with zero attached hydrogens (tertiary/aromatic N) is 1. The number of carbonyl (C=O) groups excluding carboxylic acids is 1. The van der Waals surface area contributed by atoms with Crippen LogP contribution in [0.2, 0.25) is 0 Å². The van der Waals surface area contributed by atoms with Gasteiger partial charge in [-0.25, -0.2) is 4.79 Å². The summed E-state index contributed by atoms with van der Waals surface area (Å²) < 4.78 is 0. The number of hydrogen-bond donors (Lipinski definition) is 2. The van der Waals surface area contributed by atoms with Crippen molar-refractivity contribution < 1.29 is 4.79 Å². The molecule has 0 aliphatic carbocycles. The molecule has 1 fully saturated rings. The molecule has 1 aliphatic heterocycles. The highest BCUT2D eigenvalue weighted by Gasteiger charge is 2.21. The molecule has 0 saturated carbocycles. The van der Waals surface area contributed by atoms with E-state index in [2.05, 4.69) is 22.6 Å². The summed E-state index contributed by atoms with van der Waals surface area (Å²) in [5.74, 6) is 0. The maximum atomic E-state index is 11.5. The largest absolute Gasteiger partial charge is 0.337 e. The van der Waals surface area contributed by atoms with Crippen LogP contribution in [0.15, 0.2) is 0 Å². The van der Waals surface area contributed by atoms with Gasteiger partial charge in [-0.15, -0.1) is 0 Å². The maximum absolute atomic E-state index is 11.5. The number of hydrogen-bond acceptors (Lipinski definition) is 2. The zero-order valence-corrected chi connectivity index (χ0v) is 10.3. The molecule has 15 heavy (non-hydrogen) atoms.